The van der Waals surface area contributed by atoms with Gasteiger partial charge in [-0.05, 0) is 24.6 Å². The average molecular weight is 312 g/mol. The standard InChI is InChI=1S/C18H17FN2O2/c1-18(17(22)20-12-13-6-3-2-4-7-13)11-16(21-23-18)14-8-5-9-15(19)10-14/h2-10H,11-12H2,1H3,(H,20,22)/t18-/m0/s1. The zero-order valence-electron chi connectivity index (χ0n) is 12.8. The van der Waals surface area contributed by atoms with E-state index in [-0.39, 0.29) is 11.7 Å². The Bertz CT molecular complexity index is 746. The first-order chi connectivity index (χ1) is 11.1. The number of hydrogen-bond acceptors (Lipinski definition) is 3. The molecule has 0 spiro atoms. The maximum Gasteiger partial charge on any atom is 0.267 e. The van der Waals surface area contributed by atoms with Gasteiger partial charge in [-0.2, -0.15) is 0 Å². The molecule has 118 valence electrons. The molecule has 2 aromatic carbocycles. The number of halogens is 1. The molecule has 1 heterocycles. The van der Waals surface area contributed by atoms with E-state index in [9.17, 15) is 9.18 Å². The first kappa shape index (κ1) is 15.2. The molecule has 3 rings (SSSR count). The molecule has 1 atom stereocenters. The lowest BCUT2D eigenvalue weighted by molar-refractivity contribution is -0.141. The number of amides is 1. The third-order valence-corrected chi connectivity index (χ3v) is 3.80. The summed E-state index contributed by atoms with van der Waals surface area (Å²) in [5.41, 5.74) is 1.14. The topological polar surface area (TPSA) is 50.7 Å². The van der Waals surface area contributed by atoms with Gasteiger partial charge in [0.15, 0.2) is 0 Å². The predicted octanol–water partition coefficient (Wildman–Crippen LogP) is 3.03. The van der Waals surface area contributed by atoms with Gasteiger partial charge >= 0.3 is 0 Å². The lowest BCUT2D eigenvalue weighted by Crippen LogP contribution is -2.44. The Labute approximate surface area is 134 Å². The highest BCUT2D eigenvalue weighted by Crippen LogP contribution is 2.27. The Morgan fingerprint density at radius 3 is 2.78 bits per heavy atom. The van der Waals surface area contributed by atoms with Crippen LogP contribution in [0.1, 0.15) is 24.5 Å². The van der Waals surface area contributed by atoms with E-state index in [0.29, 0.717) is 24.2 Å². The molecule has 23 heavy (non-hydrogen) atoms. The summed E-state index contributed by atoms with van der Waals surface area (Å²) >= 11 is 0. The highest BCUT2D eigenvalue weighted by atomic mass is 19.1. The smallest absolute Gasteiger partial charge is 0.267 e. The molecular weight excluding hydrogens is 295 g/mol. The summed E-state index contributed by atoms with van der Waals surface area (Å²) in [5.74, 6) is -0.580. The van der Waals surface area contributed by atoms with Gasteiger partial charge in [0.25, 0.3) is 5.91 Å². The van der Waals surface area contributed by atoms with Gasteiger partial charge in [0, 0.05) is 18.5 Å². The van der Waals surface area contributed by atoms with Crippen molar-refractivity contribution >= 4 is 11.6 Å². The van der Waals surface area contributed by atoms with Gasteiger partial charge in [-0.1, -0.05) is 47.6 Å². The zero-order valence-corrected chi connectivity index (χ0v) is 12.8. The van der Waals surface area contributed by atoms with Crippen molar-refractivity contribution in [2.45, 2.75) is 25.5 Å². The van der Waals surface area contributed by atoms with Crippen molar-refractivity contribution < 1.29 is 14.0 Å². The molecule has 0 unspecified atom stereocenters. The van der Waals surface area contributed by atoms with Gasteiger partial charge in [0.05, 0.1) is 5.71 Å². The maximum atomic E-state index is 13.3. The molecule has 1 aliphatic rings. The maximum absolute atomic E-state index is 13.3. The third-order valence-electron chi connectivity index (χ3n) is 3.80. The number of oxime groups is 1. The quantitative estimate of drug-likeness (QED) is 0.943. The Morgan fingerprint density at radius 2 is 2.04 bits per heavy atom. The van der Waals surface area contributed by atoms with Crippen molar-refractivity contribution in [3.63, 3.8) is 0 Å². The number of hydrogen-bond donors (Lipinski definition) is 1. The molecule has 0 fully saturated rings. The molecule has 0 aromatic heterocycles. The van der Waals surface area contributed by atoms with E-state index in [1.807, 2.05) is 30.3 Å². The molecule has 4 nitrogen and oxygen atoms in total. The van der Waals surface area contributed by atoms with Crippen LogP contribution in [0.25, 0.3) is 0 Å². The second kappa shape index (κ2) is 6.20. The SMILES string of the molecule is C[C@@]1(C(=O)NCc2ccccc2)CC(c2cccc(F)c2)=NO1. The minimum atomic E-state index is -1.07. The molecule has 1 aliphatic heterocycles. The summed E-state index contributed by atoms with van der Waals surface area (Å²) in [5, 5.41) is 6.82. The first-order valence-corrected chi connectivity index (χ1v) is 7.40. The number of carbonyl (C=O) groups excluding carboxylic acids is 1. The molecule has 1 amide bonds. The van der Waals surface area contributed by atoms with Crippen molar-refractivity contribution in [3.8, 4) is 0 Å². The van der Waals surface area contributed by atoms with Crippen LogP contribution in [0.5, 0.6) is 0 Å². The fourth-order valence-corrected chi connectivity index (χ4v) is 2.45. The van der Waals surface area contributed by atoms with E-state index in [0.717, 1.165) is 5.56 Å². The van der Waals surface area contributed by atoms with Gasteiger partial charge in [-0.15, -0.1) is 0 Å². The highest BCUT2D eigenvalue weighted by Gasteiger charge is 2.42. The molecular formula is C18H17FN2O2. The van der Waals surface area contributed by atoms with E-state index in [1.54, 1.807) is 19.1 Å². The van der Waals surface area contributed by atoms with Crippen molar-refractivity contribution in [2.24, 2.45) is 5.16 Å². The Morgan fingerprint density at radius 1 is 1.26 bits per heavy atom. The summed E-state index contributed by atoms with van der Waals surface area (Å²) < 4.78 is 13.3. The van der Waals surface area contributed by atoms with Crippen LogP contribution in [0, 0.1) is 5.82 Å². The summed E-state index contributed by atoms with van der Waals surface area (Å²) in [7, 11) is 0. The molecule has 0 saturated carbocycles. The second-order valence-electron chi connectivity index (χ2n) is 5.72. The predicted molar refractivity (Wildman–Crippen MR) is 85.3 cm³/mol. The molecule has 0 aliphatic carbocycles. The van der Waals surface area contributed by atoms with Crippen LogP contribution in [0.4, 0.5) is 4.39 Å². The van der Waals surface area contributed by atoms with E-state index in [1.165, 1.54) is 12.1 Å². The number of nitrogens with one attached hydrogen (secondary N) is 1. The van der Waals surface area contributed by atoms with Crippen molar-refractivity contribution in [3.05, 3.63) is 71.5 Å². The summed E-state index contributed by atoms with van der Waals surface area (Å²) in [4.78, 5) is 17.8. The fourth-order valence-electron chi connectivity index (χ4n) is 2.45. The van der Waals surface area contributed by atoms with E-state index < -0.39 is 5.60 Å². The molecule has 2 aromatic rings. The number of nitrogens with zero attached hydrogens (tertiary/aromatic N) is 1. The minimum absolute atomic E-state index is 0.239. The second-order valence-corrected chi connectivity index (χ2v) is 5.72. The van der Waals surface area contributed by atoms with E-state index in [4.69, 9.17) is 4.84 Å². The van der Waals surface area contributed by atoms with Crippen LogP contribution < -0.4 is 5.32 Å². The number of rotatable bonds is 4. The summed E-state index contributed by atoms with van der Waals surface area (Å²) in [6.45, 7) is 2.11. The average Bonchev–Trinajstić information content (AvgIpc) is 2.97. The summed E-state index contributed by atoms with van der Waals surface area (Å²) in [6.07, 6.45) is 0.303. The minimum Gasteiger partial charge on any atom is -0.379 e. The van der Waals surface area contributed by atoms with Crippen LogP contribution in [-0.2, 0) is 16.2 Å². The molecule has 0 radical (unpaired) electrons. The third kappa shape index (κ3) is 3.39. The lowest BCUT2D eigenvalue weighted by Gasteiger charge is -2.20. The van der Waals surface area contributed by atoms with E-state index in [2.05, 4.69) is 10.5 Å². The van der Waals surface area contributed by atoms with Crippen molar-refractivity contribution in [1.29, 1.82) is 0 Å². The van der Waals surface area contributed by atoms with Crippen molar-refractivity contribution in [2.75, 3.05) is 0 Å². The van der Waals surface area contributed by atoms with Crippen LogP contribution in [0.3, 0.4) is 0 Å². The molecule has 5 heteroatoms. The highest BCUT2D eigenvalue weighted by molar-refractivity contribution is 6.05. The monoisotopic (exact) mass is 312 g/mol. The lowest BCUT2D eigenvalue weighted by atomic mass is 9.95. The molecule has 1 N–H and O–H groups in total. The van der Waals surface area contributed by atoms with Gasteiger partial charge in [0.1, 0.15) is 5.82 Å². The van der Waals surface area contributed by atoms with Gasteiger partial charge in [0.2, 0.25) is 5.60 Å². The first-order valence-electron chi connectivity index (χ1n) is 7.40. The zero-order chi connectivity index (χ0) is 16.3. The van der Waals surface area contributed by atoms with Gasteiger partial charge in [-0.3, -0.25) is 4.79 Å². The normalized spacial score (nSPS) is 19.8. The number of benzene rings is 2. The largest absolute Gasteiger partial charge is 0.379 e. The van der Waals surface area contributed by atoms with Crippen LogP contribution >= 0.6 is 0 Å². The Kier molecular flexibility index (Phi) is 4.10. The fraction of sp³-hybridized carbons (Fsp3) is 0.222. The van der Waals surface area contributed by atoms with Crippen LogP contribution in [0.15, 0.2) is 59.8 Å². The van der Waals surface area contributed by atoms with Crippen molar-refractivity contribution in [1.82, 2.24) is 5.32 Å². The van der Waals surface area contributed by atoms with Gasteiger partial charge in [-0.25, -0.2) is 4.39 Å². The van der Waals surface area contributed by atoms with Gasteiger partial charge < -0.3 is 10.2 Å². The van der Waals surface area contributed by atoms with Crippen LogP contribution in [0.2, 0.25) is 0 Å². The molecule has 0 saturated heterocycles. The Balaban J connectivity index is 1.64. The van der Waals surface area contributed by atoms with E-state index >= 15 is 0 Å². The summed E-state index contributed by atoms with van der Waals surface area (Å²) in [6, 6.07) is 15.7. The number of carbonyl (C=O) groups is 1. The molecule has 0 bridgehead atoms. The Hall–Kier alpha value is -2.69. The van der Waals surface area contributed by atoms with Crippen LogP contribution in [-0.4, -0.2) is 17.2 Å².